The van der Waals surface area contributed by atoms with Crippen LogP contribution in [0.3, 0.4) is 0 Å². The zero-order chi connectivity index (χ0) is 28.3. The highest BCUT2D eigenvalue weighted by molar-refractivity contribution is 9.10. The quantitative estimate of drug-likeness (QED) is 0.187. The molecule has 4 N–H and O–H groups in total. The molecule has 1 heterocycles. The number of ether oxygens (including phenoxy) is 4. The van der Waals surface area contributed by atoms with E-state index in [1.54, 1.807) is 39.0 Å². The molecule has 0 fully saturated rings. The number of benzene rings is 2. The first kappa shape index (κ1) is 30.4. The van der Waals surface area contributed by atoms with Crippen LogP contribution in [0.5, 0.6) is 5.75 Å². The third-order valence-corrected chi connectivity index (χ3v) is 5.81. The maximum atomic E-state index is 12.9. The summed E-state index contributed by atoms with van der Waals surface area (Å²) in [6.07, 6.45) is -0.469. The van der Waals surface area contributed by atoms with E-state index in [1.165, 1.54) is 0 Å². The van der Waals surface area contributed by atoms with E-state index in [4.69, 9.17) is 18.9 Å². The Labute approximate surface area is 237 Å². The molecule has 3 rings (SSSR count). The van der Waals surface area contributed by atoms with E-state index < -0.39 is 11.7 Å². The molecule has 0 aromatic heterocycles. The molecule has 0 spiro atoms. The molecule has 0 atom stereocenters. The SMILES string of the molecule is CC(C)(C)OC(=O)NCCOCCOCCOCCN/C(=C1\C(=O)Nc2ccc(Br)cc21)c1cccc(O)c1. The van der Waals surface area contributed by atoms with Gasteiger partial charge in [-0.1, -0.05) is 28.1 Å². The number of fused-ring (bicyclic) bond motifs is 1. The lowest BCUT2D eigenvalue weighted by molar-refractivity contribution is -0.110. The molecule has 0 bridgehead atoms. The van der Waals surface area contributed by atoms with E-state index in [0.717, 1.165) is 15.7 Å². The number of anilines is 1. The molecule has 0 aliphatic carbocycles. The predicted octanol–water partition coefficient (Wildman–Crippen LogP) is 4.14. The van der Waals surface area contributed by atoms with Crippen LogP contribution < -0.4 is 16.0 Å². The summed E-state index contributed by atoms with van der Waals surface area (Å²) in [6.45, 7) is 8.59. The molecule has 0 saturated carbocycles. The van der Waals surface area contributed by atoms with Crippen LogP contribution >= 0.6 is 15.9 Å². The second-order valence-electron chi connectivity index (χ2n) is 9.64. The Morgan fingerprint density at radius 3 is 2.21 bits per heavy atom. The summed E-state index contributed by atoms with van der Waals surface area (Å²) >= 11 is 3.48. The number of nitrogens with one attached hydrogen (secondary N) is 3. The first-order chi connectivity index (χ1) is 18.6. The van der Waals surface area contributed by atoms with E-state index in [9.17, 15) is 14.7 Å². The minimum absolute atomic E-state index is 0.108. The summed E-state index contributed by atoms with van der Waals surface area (Å²) in [5.74, 6) is -0.108. The number of alkyl carbamates (subject to hydrolysis) is 1. The normalized spacial score (nSPS) is 14.0. The van der Waals surface area contributed by atoms with Gasteiger partial charge in [-0.05, 0) is 51.1 Å². The number of amides is 2. The van der Waals surface area contributed by atoms with Gasteiger partial charge >= 0.3 is 6.09 Å². The Morgan fingerprint density at radius 1 is 0.923 bits per heavy atom. The predicted molar refractivity (Wildman–Crippen MR) is 152 cm³/mol. The maximum Gasteiger partial charge on any atom is 0.407 e. The highest BCUT2D eigenvalue weighted by atomic mass is 79.9. The van der Waals surface area contributed by atoms with Crippen LogP contribution in [0.4, 0.5) is 10.5 Å². The van der Waals surface area contributed by atoms with Crippen LogP contribution in [0, 0.1) is 0 Å². The van der Waals surface area contributed by atoms with Crippen molar-refractivity contribution >= 4 is 44.9 Å². The van der Waals surface area contributed by atoms with Gasteiger partial charge in [0, 0.05) is 34.4 Å². The molecular weight excluding hydrogens is 570 g/mol. The Kier molecular flexibility index (Phi) is 11.6. The summed E-state index contributed by atoms with van der Waals surface area (Å²) in [7, 11) is 0. The number of aromatic hydroxyl groups is 1. The monoisotopic (exact) mass is 605 g/mol. The Hall–Kier alpha value is -3.12. The molecule has 39 heavy (non-hydrogen) atoms. The fourth-order valence-electron chi connectivity index (χ4n) is 3.71. The van der Waals surface area contributed by atoms with E-state index in [0.29, 0.717) is 69.6 Å². The van der Waals surface area contributed by atoms with E-state index in [-0.39, 0.29) is 11.7 Å². The van der Waals surface area contributed by atoms with Crippen LogP contribution in [0.1, 0.15) is 31.9 Å². The number of hydrogen-bond donors (Lipinski definition) is 4. The molecule has 11 heteroatoms. The van der Waals surface area contributed by atoms with Gasteiger partial charge in [0.2, 0.25) is 0 Å². The minimum Gasteiger partial charge on any atom is -0.508 e. The van der Waals surface area contributed by atoms with E-state index in [1.807, 2.05) is 24.3 Å². The summed E-state index contributed by atoms with van der Waals surface area (Å²) in [5.41, 5.74) is 2.78. The molecule has 212 valence electrons. The summed E-state index contributed by atoms with van der Waals surface area (Å²) in [6, 6.07) is 12.4. The number of carbonyl (C=O) groups excluding carboxylic acids is 2. The molecule has 2 aromatic rings. The lowest BCUT2D eigenvalue weighted by Gasteiger charge is -2.19. The molecule has 1 aliphatic rings. The van der Waals surface area contributed by atoms with Gasteiger partial charge in [-0.3, -0.25) is 4.79 Å². The molecule has 1 aliphatic heterocycles. The molecule has 2 amide bonds. The van der Waals surface area contributed by atoms with E-state index >= 15 is 0 Å². The second kappa shape index (κ2) is 14.9. The molecule has 0 saturated heterocycles. The van der Waals surface area contributed by atoms with Crippen molar-refractivity contribution in [3.05, 3.63) is 58.1 Å². The standard InChI is InChI=1S/C28H36BrN3O7/c1-28(2,3)39-27(35)31-10-12-37-14-16-38-15-13-36-11-9-30-25(19-5-4-6-21(33)17-19)24-22-18-20(29)7-8-23(22)32-26(24)34/h4-8,17-18,30,33H,9-16H2,1-3H3,(H,31,35)(H,32,34)/b25-24-. The average molecular weight is 607 g/mol. The fraction of sp³-hybridized carbons (Fsp3) is 0.429. The molecule has 10 nitrogen and oxygen atoms in total. The smallest absolute Gasteiger partial charge is 0.407 e. The largest absolute Gasteiger partial charge is 0.508 e. The number of phenolic OH excluding ortho intramolecular Hbond substituents is 1. The molecule has 2 aromatic carbocycles. The van der Waals surface area contributed by atoms with Crippen molar-refractivity contribution in [1.82, 2.24) is 10.6 Å². The van der Waals surface area contributed by atoms with Gasteiger partial charge in [0.15, 0.2) is 0 Å². The topological polar surface area (TPSA) is 127 Å². The zero-order valence-corrected chi connectivity index (χ0v) is 24.1. The lowest BCUT2D eigenvalue weighted by Crippen LogP contribution is -2.34. The molecule has 0 radical (unpaired) electrons. The first-order valence-corrected chi connectivity index (χ1v) is 13.5. The summed E-state index contributed by atoms with van der Waals surface area (Å²) in [5, 5.41) is 18.9. The van der Waals surface area contributed by atoms with Gasteiger partial charge in [-0.15, -0.1) is 0 Å². The number of hydrogen-bond acceptors (Lipinski definition) is 8. The molecular formula is C28H36BrN3O7. The number of phenols is 1. The van der Waals surface area contributed by atoms with Crippen LogP contribution in [-0.2, 0) is 23.7 Å². The fourth-order valence-corrected chi connectivity index (χ4v) is 4.07. The number of rotatable bonds is 14. The first-order valence-electron chi connectivity index (χ1n) is 12.7. The summed E-state index contributed by atoms with van der Waals surface area (Å²) < 4.78 is 22.6. The zero-order valence-electron chi connectivity index (χ0n) is 22.5. The van der Waals surface area contributed by atoms with Crippen molar-refractivity contribution in [3.63, 3.8) is 0 Å². The van der Waals surface area contributed by atoms with Gasteiger partial charge < -0.3 is 40.0 Å². The highest BCUT2D eigenvalue weighted by Gasteiger charge is 2.28. The van der Waals surface area contributed by atoms with Gasteiger partial charge in [0.1, 0.15) is 11.4 Å². The Balaban J connectivity index is 1.37. The highest BCUT2D eigenvalue weighted by Crippen LogP contribution is 2.38. The average Bonchev–Trinajstić information content (AvgIpc) is 3.18. The van der Waals surface area contributed by atoms with Crippen molar-refractivity contribution in [2.24, 2.45) is 0 Å². The van der Waals surface area contributed by atoms with Crippen molar-refractivity contribution in [2.45, 2.75) is 26.4 Å². The van der Waals surface area contributed by atoms with Crippen LogP contribution in [0.2, 0.25) is 0 Å². The van der Waals surface area contributed by atoms with Gasteiger partial charge in [0.25, 0.3) is 5.91 Å². The number of halogens is 1. The third kappa shape index (κ3) is 10.2. The Morgan fingerprint density at radius 2 is 1.56 bits per heavy atom. The van der Waals surface area contributed by atoms with Crippen LogP contribution in [-0.4, -0.2) is 75.4 Å². The lowest BCUT2D eigenvalue weighted by atomic mass is 10.00. The minimum atomic E-state index is -0.529. The van der Waals surface area contributed by atoms with Gasteiger partial charge in [-0.25, -0.2) is 4.79 Å². The van der Waals surface area contributed by atoms with Crippen molar-refractivity contribution < 1.29 is 33.6 Å². The van der Waals surface area contributed by atoms with E-state index in [2.05, 4.69) is 31.9 Å². The second-order valence-corrected chi connectivity index (χ2v) is 10.6. The van der Waals surface area contributed by atoms with Gasteiger partial charge in [0.05, 0.1) is 50.9 Å². The summed E-state index contributed by atoms with van der Waals surface area (Å²) in [4.78, 5) is 24.4. The molecule has 0 unspecified atom stereocenters. The van der Waals surface area contributed by atoms with Crippen molar-refractivity contribution in [1.29, 1.82) is 0 Å². The van der Waals surface area contributed by atoms with Crippen LogP contribution in [0.25, 0.3) is 11.3 Å². The van der Waals surface area contributed by atoms with Crippen molar-refractivity contribution in [2.75, 3.05) is 58.0 Å². The number of carbonyl (C=O) groups is 2. The van der Waals surface area contributed by atoms with Crippen molar-refractivity contribution in [3.8, 4) is 5.75 Å². The third-order valence-electron chi connectivity index (χ3n) is 5.32. The van der Waals surface area contributed by atoms with Gasteiger partial charge in [-0.2, -0.15) is 0 Å². The Bertz CT molecular complexity index is 1160. The maximum absolute atomic E-state index is 12.9. The van der Waals surface area contributed by atoms with Crippen LogP contribution in [0.15, 0.2) is 46.9 Å².